The van der Waals surface area contributed by atoms with Crippen molar-refractivity contribution in [1.29, 1.82) is 0 Å². The molecule has 1 unspecified atom stereocenters. The maximum absolute atomic E-state index is 13.9. The average Bonchev–Trinajstić information content (AvgIpc) is 2.64. The molecule has 0 bridgehead atoms. The molecule has 3 nitrogen and oxygen atoms in total. The van der Waals surface area contributed by atoms with Crippen molar-refractivity contribution in [3.05, 3.63) is 35.1 Å². The summed E-state index contributed by atoms with van der Waals surface area (Å²) in [6.45, 7) is 5.61. The van der Waals surface area contributed by atoms with Crippen molar-refractivity contribution < 1.29 is 9.13 Å². The third-order valence-electron chi connectivity index (χ3n) is 3.43. The molecule has 1 atom stereocenters. The predicted molar refractivity (Wildman–Crippen MR) is 69.9 cm³/mol. The fourth-order valence-electron chi connectivity index (χ4n) is 2.47. The van der Waals surface area contributed by atoms with Crippen LogP contribution in [-0.2, 0) is 4.74 Å². The Hall–Kier alpha value is -0.970. The van der Waals surface area contributed by atoms with Crippen molar-refractivity contribution in [1.82, 2.24) is 4.90 Å². The highest BCUT2D eigenvalue weighted by Crippen LogP contribution is 2.24. The number of nitrogens with two attached hydrogens (primary N) is 1. The van der Waals surface area contributed by atoms with E-state index in [9.17, 15) is 4.39 Å². The lowest BCUT2D eigenvalue weighted by molar-refractivity contribution is 0.132. The van der Waals surface area contributed by atoms with Crippen molar-refractivity contribution in [2.45, 2.75) is 19.4 Å². The van der Waals surface area contributed by atoms with Crippen LogP contribution in [0.25, 0.3) is 0 Å². The van der Waals surface area contributed by atoms with Gasteiger partial charge >= 0.3 is 0 Å². The van der Waals surface area contributed by atoms with Crippen LogP contribution >= 0.6 is 0 Å². The molecule has 2 rings (SSSR count). The molecule has 0 saturated carbocycles. The Balaban J connectivity index is 2.23. The zero-order chi connectivity index (χ0) is 13.0. The number of hydrogen-bond donors (Lipinski definition) is 1. The van der Waals surface area contributed by atoms with E-state index >= 15 is 0 Å². The molecule has 0 amide bonds. The summed E-state index contributed by atoms with van der Waals surface area (Å²) in [6, 6.07) is 5.17. The van der Waals surface area contributed by atoms with Crippen LogP contribution in [0.4, 0.5) is 4.39 Å². The molecule has 100 valence electrons. The van der Waals surface area contributed by atoms with E-state index in [0.717, 1.165) is 31.7 Å². The van der Waals surface area contributed by atoms with Crippen LogP contribution in [0.1, 0.15) is 23.6 Å². The fraction of sp³-hybridized carbons (Fsp3) is 0.571. The van der Waals surface area contributed by atoms with Crippen LogP contribution in [0.15, 0.2) is 18.2 Å². The Bertz CT molecular complexity index is 389. The minimum atomic E-state index is -0.166. The molecular formula is C14H21FN2O. The number of benzene rings is 1. The van der Waals surface area contributed by atoms with Gasteiger partial charge in [-0.05, 0) is 19.4 Å². The molecule has 1 saturated heterocycles. The van der Waals surface area contributed by atoms with Gasteiger partial charge in [0.15, 0.2) is 0 Å². The van der Waals surface area contributed by atoms with Crippen LogP contribution in [-0.4, -0.2) is 37.7 Å². The van der Waals surface area contributed by atoms with Gasteiger partial charge in [-0.2, -0.15) is 0 Å². The third-order valence-corrected chi connectivity index (χ3v) is 3.43. The summed E-state index contributed by atoms with van der Waals surface area (Å²) >= 11 is 0. The second-order valence-electron chi connectivity index (χ2n) is 4.78. The molecule has 0 aromatic heterocycles. The molecule has 1 fully saturated rings. The van der Waals surface area contributed by atoms with Crippen LogP contribution in [0, 0.1) is 12.7 Å². The number of nitrogens with zero attached hydrogens (tertiary/aromatic N) is 1. The molecule has 0 aliphatic carbocycles. The van der Waals surface area contributed by atoms with E-state index < -0.39 is 0 Å². The summed E-state index contributed by atoms with van der Waals surface area (Å²) < 4.78 is 19.4. The molecular weight excluding hydrogens is 231 g/mol. The number of hydrogen-bond acceptors (Lipinski definition) is 3. The molecule has 4 heteroatoms. The number of ether oxygens (including phenoxy) is 1. The summed E-state index contributed by atoms with van der Waals surface area (Å²) in [5.74, 6) is -0.166. The summed E-state index contributed by atoms with van der Waals surface area (Å²) in [5, 5.41) is 0. The number of aryl methyl sites for hydroxylation is 1. The van der Waals surface area contributed by atoms with Crippen LogP contribution in [0.3, 0.4) is 0 Å². The second kappa shape index (κ2) is 6.27. The van der Waals surface area contributed by atoms with Crippen LogP contribution < -0.4 is 5.73 Å². The maximum atomic E-state index is 13.9. The molecule has 1 aliphatic rings. The van der Waals surface area contributed by atoms with Crippen molar-refractivity contribution in [3.63, 3.8) is 0 Å². The Morgan fingerprint density at radius 1 is 1.39 bits per heavy atom. The normalized spacial score (nSPS) is 19.5. The van der Waals surface area contributed by atoms with E-state index in [0.29, 0.717) is 18.7 Å². The molecule has 18 heavy (non-hydrogen) atoms. The van der Waals surface area contributed by atoms with Crippen molar-refractivity contribution in [3.8, 4) is 0 Å². The van der Waals surface area contributed by atoms with Gasteiger partial charge < -0.3 is 10.5 Å². The van der Waals surface area contributed by atoms with Gasteiger partial charge in [0.2, 0.25) is 0 Å². The molecule has 0 radical (unpaired) electrons. The monoisotopic (exact) mass is 252 g/mol. The van der Waals surface area contributed by atoms with Crippen molar-refractivity contribution >= 4 is 0 Å². The van der Waals surface area contributed by atoms with Gasteiger partial charge in [0.05, 0.1) is 12.6 Å². The first kappa shape index (κ1) is 13.5. The first-order valence-electron chi connectivity index (χ1n) is 6.50. The molecule has 1 aromatic rings. The van der Waals surface area contributed by atoms with E-state index in [1.807, 2.05) is 13.0 Å². The van der Waals surface area contributed by atoms with Gasteiger partial charge in [0.1, 0.15) is 5.82 Å². The molecule has 0 spiro atoms. The first-order valence-corrected chi connectivity index (χ1v) is 6.50. The Morgan fingerprint density at radius 3 is 3.00 bits per heavy atom. The minimum absolute atomic E-state index is 0.0494. The van der Waals surface area contributed by atoms with Crippen molar-refractivity contribution in [2.24, 2.45) is 5.73 Å². The van der Waals surface area contributed by atoms with E-state index in [1.165, 1.54) is 6.07 Å². The lowest BCUT2D eigenvalue weighted by atomic mass is 10.0. The lowest BCUT2D eigenvalue weighted by Crippen LogP contribution is -2.36. The van der Waals surface area contributed by atoms with Gasteiger partial charge in [-0.15, -0.1) is 0 Å². The zero-order valence-electron chi connectivity index (χ0n) is 10.9. The highest BCUT2D eigenvalue weighted by molar-refractivity contribution is 5.27. The Kier molecular flexibility index (Phi) is 4.69. The van der Waals surface area contributed by atoms with Gasteiger partial charge in [0.25, 0.3) is 0 Å². The van der Waals surface area contributed by atoms with E-state index in [2.05, 4.69) is 4.90 Å². The van der Waals surface area contributed by atoms with Crippen LogP contribution in [0.2, 0.25) is 0 Å². The largest absolute Gasteiger partial charge is 0.380 e. The predicted octanol–water partition coefficient (Wildman–Crippen LogP) is 1.86. The molecule has 1 heterocycles. The van der Waals surface area contributed by atoms with E-state index in [4.69, 9.17) is 10.5 Å². The summed E-state index contributed by atoms with van der Waals surface area (Å²) in [6.07, 6.45) is 0.976. The van der Waals surface area contributed by atoms with E-state index in [1.54, 1.807) is 6.07 Å². The number of halogens is 1. The summed E-state index contributed by atoms with van der Waals surface area (Å²) in [7, 11) is 0. The molecule has 2 N–H and O–H groups in total. The topological polar surface area (TPSA) is 38.5 Å². The highest BCUT2D eigenvalue weighted by Gasteiger charge is 2.22. The zero-order valence-corrected chi connectivity index (χ0v) is 10.9. The highest BCUT2D eigenvalue weighted by atomic mass is 19.1. The maximum Gasteiger partial charge on any atom is 0.128 e. The second-order valence-corrected chi connectivity index (χ2v) is 4.78. The minimum Gasteiger partial charge on any atom is -0.380 e. The summed E-state index contributed by atoms with van der Waals surface area (Å²) in [4.78, 5) is 2.23. The van der Waals surface area contributed by atoms with Gasteiger partial charge in [-0.25, -0.2) is 4.39 Å². The van der Waals surface area contributed by atoms with Gasteiger partial charge in [-0.3, -0.25) is 4.90 Å². The fourth-order valence-corrected chi connectivity index (χ4v) is 2.47. The molecule has 1 aromatic carbocycles. The number of rotatable bonds is 3. The smallest absolute Gasteiger partial charge is 0.128 e. The average molecular weight is 252 g/mol. The Morgan fingerprint density at radius 2 is 2.22 bits per heavy atom. The van der Waals surface area contributed by atoms with Crippen molar-refractivity contribution in [2.75, 3.05) is 32.8 Å². The summed E-state index contributed by atoms with van der Waals surface area (Å²) in [5.41, 5.74) is 7.63. The SMILES string of the molecule is Cc1ccc(F)c(C(CN)N2CCCOCC2)c1. The Labute approximate surface area is 108 Å². The van der Waals surface area contributed by atoms with E-state index in [-0.39, 0.29) is 11.9 Å². The van der Waals surface area contributed by atoms with Crippen LogP contribution in [0.5, 0.6) is 0 Å². The standard InChI is InChI=1S/C14H21FN2O/c1-11-3-4-13(15)12(9-11)14(10-16)17-5-2-7-18-8-6-17/h3-4,9,14H,2,5-8,10,16H2,1H3. The van der Waals surface area contributed by atoms with Gasteiger partial charge in [-0.1, -0.05) is 17.7 Å². The quantitative estimate of drug-likeness (QED) is 0.892. The third kappa shape index (κ3) is 3.07. The first-order chi connectivity index (χ1) is 8.72. The lowest BCUT2D eigenvalue weighted by Gasteiger charge is -2.30. The van der Waals surface area contributed by atoms with Gasteiger partial charge in [0, 0.05) is 31.8 Å². The molecule has 1 aliphatic heterocycles.